The Kier molecular flexibility index (Phi) is 4.94. The molecule has 3 aromatic rings. The number of ether oxygens (including phenoxy) is 1. The third-order valence-electron chi connectivity index (χ3n) is 6.26. The van der Waals surface area contributed by atoms with E-state index in [1.807, 2.05) is 30.5 Å². The van der Waals surface area contributed by atoms with Gasteiger partial charge in [-0.1, -0.05) is 18.2 Å². The van der Waals surface area contributed by atoms with E-state index in [1.165, 1.54) is 12.1 Å². The smallest absolute Gasteiger partial charge is 0.325 e. The zero-order valence-corrected chi connectivity index (χ0v) is 16.9. The number of nitrogens with zero attached hydrogens (tertiary/aromatic N) is 3. The van der Waals surface area contributed by atoms with E-state index in [2.05, 4.69) is 10.2 Å². The number of anilines is 1. The van der Waals surface area contributed by atoms with E-state index in [0.717, 1.165) is 22.9 Å². The summed E-state index contributed by atoms with van der Waals surface area (Å²) in [5.74, 6) is -1.27. The zero-order chi connectivity index (χ0) is 21.4. The van der Waals surface area contributed by atoms with Crippen LogP contribution in [-0.4, -0.2) is 46.4 Å². The number of carbonyl (C=O) groups excluding carboxylic acids is 1. The van der Waals surface area contributed by atoms with Crippen molar-refractivity contribution in [3.63, 3.8) is 0 Å². The summed E-state index contributed by atoms with van der Waals surface area (Å²) < 4.78 is 33.3. The molecule has 8 heteroatoms. The third kappa shape index (κ3) is 3.57. The van der Waals surface area contributed by atoms with Crippen molar-refractivity contribution in [3.05, 3.63) is 72.1 Å². The van der Waals surface area contributed by atoms with E-state index in [-0.39, 0.29) is 12.6 Å². The van der Waals surface area contributed by atoms with Crippen molar-refractivity contribution < 1.29 is 18.3 Å². The second-order valence-corrected chi connectivity index (χ2v) is 8.06. The van der Waals surface area contributed by atoms with Crippen LogP contribution in [0.15, 0.2) is 54.9 Å². The Morgan fingerprint density at radius 3 is 2.52 bits per heavy atom. The Hall–Kier alpha value is -3.26. The second kappa shape index (κ2) is 7.77. The Labute approximate surface area is 178 Å². The fourth-order valence-electron chi connectivity index (χ4n) is 4.48. The molecule has 160 valence electrons. The van der Waals surface area contributed by atoms with Gasteiger partial charge in [-0.05, 0) is 36.6 Å². The molecular weight excluding hydrogens is 402 g/mol. The quantitative estimate of drug-likeness (QED) is 0.678. The summed E-state index contributed by atoms with van der Waals surface area (Å²) >= 11 is 0. The molecule has 1 spiro atoms. The van der Waals surface area contributed by atoms with E-state index in [0.29, 0.717) is 38.2 Å². The van der Waals surface area contributed by atoms with E-state index in [1.54, 1.807) is 16.0 Å². The fourth-order valence-corrected chi connectivity index (χ4v) is 4.48. The van der Waals surface area contributed by atoms with Gasteiger partial charge in [0.25, 0.3) is 0 Å². The molecule has 0 saturated carbocycles. The Morgan fingerprint density at radius 1 is 1.06 bits per heavy atom. The van der Waals surface area contributed by atoms with Crippen LogP contribution in [-0.2, 0) is 11.3 Å². The lowest BCUT2D eigenvalue weighted by molar-refractivity contribution is 0.00585. The first-order valence-electron chi connectivity index (χ1n) is 10.3. The SMILES string of the molecule is O=C1N(c2ccc(-c3cn[nH]c3)cc2)CC2(CCOCC2)N1Cc1ccc(F)cc1F. The largest absolute Gasteiger partial charge is 0.381 e. The molecule has 1 N–H and O–H groups in total. The number of halogens is 2. The minimum atomic E-state index is -0.641. The lowest BCUT2D eigenvalue weighted by atomic mass is 9.89. The van der Waals surface area contributed by atoms with Gasteiger partial charge >= 0.3 is 6.03 Å². The van der Waals surface area contributed by atoms with Crippen molar-refractivity contribution in [2.24, 2.45) is 0 Å². The van der Waals surface area contributed by atoms with Gasteiger partial charge in [-0.3, -0.25) is 10.00 Å². The number of benzene rings is 2. The maximum atomic E-state index is 14.4. The zero-order valence-electron chi connectivity index (χ0n) is 16.9. The van der Waals surface area contributed by atoms with Crippen molar-refractivity contribution in [1.82, 2.24) is 15.1 Å². The van der Waals surface area contributed by atoms with E-state index in [9.17, 15) is 13.6 Å². The van der Waals surface area contributed by atoms with Crippen LogP contribution in [0.25, 0.3) is 11.1 Å². The number of aromatic amines is 1. The van der Waals surface area contributed by atoms with Crippen LogP contribution < -0.4 is 4.90 Å². The van der Waals surface area contributed by atoms with E-state index < -0.39 is 17.2 Å². The van der Waals surface area contributed by atoms with E-state index >= 15 is 0 Å². The van der Waals surface area contributed by atoms with Crippen molar-refractivity contribution in [3.8, 4) is 11.1 Å². The number of H-pyrrole nitrogens is 1. The molecule has 2 aliphatic heterocycles. The summed E-state index contributed by atoms with van der Waals surface area (Å²) in [5.41, 5.74) is 2.60. The summed E-state index contributed by atoms with van der Waals surface area (Å²) in [6, 6.07) is 11.0. The number of carbonyl (C=O) groups is 1. The van der Waals surface area contributed by atoms with Crippen LogP contribution in [0.2, 0.25) is 0 Å². The molecule has 0 aliphatic carbocycles. The maximum Gasteiger partial charge on any atom is 0.325 e. The average Bonchev–Trinajstić information content (AvgIpc) is 3.40. The van der Waals surface area contributed by atoms with Crippen LogP contribution in [0, 0.1) is 11.6 Å². The number of hydrogen-bond donors (Lipinski definition) is 1. The molecule has 3 heterocycles. The standard InChI is InChI=1S/C23H22F2N4O2/c24-19-4-1-17(21(25)11-19)14-29-22(30)28(15-23(29)7-9-31-10-8-23)20-5-2-16(3-6-20)18-12-26-27-13-18/h1-6,11-13H,7-10,14-15H2,(H,26,27). The monoisotopic (exact) mass is 424 g/mol. The Bertz CT molecular complexity index is 1080. The van der Waals surface area contributed by atoms with Gasteiger partial charge in [0.05, 0.1) is 24.8 Å². The predicted octanol–water partition coefficient (Wildman–Crippen LogP) is 4.35. The molecule has 2 amide bonds. The lowest BCUT2D eigenvalue weighted by Crippen LogP contribution is -2.50. The molecule has 5 rings (SSSR count). The molecule has 2 aromatic carbocycles. The minimum Gasteiger partial charge on any atom is -0.381 e. The number of rotatable bonds is 4. The Morgan fingerprint density at radius 2 is 1.84 bits per heavy atom. The number of aromatic nitrogens is 2. The highest BCUT2D eigenvalue weighted by atomic mass is 19.1. The molecule has 0 atom stereocenters. The van der Waals surface area contributed by atoms with Crippen molar-refractivity contribution in [2.75, 3.05) is 24.7 Å². The fraction of sp³-hybridized carbons (Fsp3) is 0.304. The second-order valence-electron chi connectivity index (χ2n) is 8.06. The summed E-state index contributed by atoms with van der Waals surface area (Å²) in [7, 11) is 0. The summed E-state index contributed by atoms with van der Waals surface area (Å²) in [6.07, 6.45) is 4.90. The average molecular weight is 424 g/mol. The van der Waals surface area contributed by atoms with Gasteiger partial charge < -0.3 is 9.64 Å². The van der Waals surface area contributed by atoms with Gasteiger partial charge in [-0.15, -0.1) is 0 Å². The van der Waals surface area contributed by atoms with Gasteiger partial charge in [-0.25, -0.2) is 13.6 Å². The van der Waals surface area contributed by atoms with Crippen LogP contribution in [0.5, 0.6) is 0 Å². The van der Waals surface area contributed by atoms with Gasteiger partial charge in [0.15, 0.2) is 0 Å². The van der Waals surface area contributed by atoms with Crippen LogP contribution >= 0.6 is 0 Å². The summed E-state index contributed by atoms with van der Waals surface area (Å²) in [6.45, 7) is 1.68. The molecule has 2 aliphatic rings. The summed E-state index contributed by atoms with van der Waals surface area (Å²) in [4.78, 5) is 16.9. The molecule has 6 nitrogen and oxygen atoms in total. The van der Waals surface area contributed by atoms with Crippen LogP contribution in [0.3, 0.4) is 0 Å². The van der Waals surface area contributed by atoms with Crippen molar-refractivity contribution >= 4 is 11.7 Å². The van der Waals surface area contributed by atoms with Gasteiger partial charge in [0.2, 0.25) is 0 Å². The molecule has 1 aromatic heterocycles. The third-order valence-corrected chi connectivity index (χ3v) is 6.26. The number of hydrogen-bond acceptors (Lipinski definition) is 3. The summed E-state index contributed by atoms with van der Waals surface area (Å²) in [5, 5.41) is 6.76. The molecule has 0 bridgehead atoms. The first kappa shape index (κ1) is 19.7. The van der Waals surface area contributed by atoms with Gasteiger partial charge in [0, 0.05) is 42.3 Å². The maximum absolute atomic E-state index is 14.4. The molecule has 0 unspecified atom stereocenters. The van der Waals surface area contributed by atoms with Crippen molar-refractivity contribution in [2.45, 2.75) is 24.9 Å². The number of amides is 2. The van der Waals surface area contributed by atoms with Gasteiger partial charge in [0.1, 0.15) is 11.6 Å². The highest BCUT2D eigenvalue weighted by Crippen LogP contribution is 2.39. The molecule has 0 radical (unpaired) electrons. The first-order valence-corrected chi connectivity index (χ1v) is 10.3. The van der Waals surface area contributed by atoms with Gasteiger partial charge in [-0.2, -0.15) is 5.10 Å². The number of nitrogens with one attached hydrogen (secondary N) is 1. The van der Waals surface area contributed by atoms with Crippen LogP contribution in [0.1, 0.15) is 18.4 Å². The molecule has 2 fully saturated rings. The van der Waals surface area contributed by atoms with Crippen LogP contribution in [0.4, 0.5) is 19.3 Å². The highest BCUT2D eigenvalue weighted by Gasteiger charge is 2.50. The minimum absolute atomic E-state index is 0.0918. The lowest BCUT2D eigenvalue weighted by Gasteiger charge is -2.39. The highest BCUT2D eigenvalue weighted by molar-refractivity contribution is 5.95. The molecular formula is C23H22F2N4O2. The topological polar surface area (TPSA) is 61.5 Å². The molecule has 2 saturated heterocycles. The van der Waals surface area contributed by atoms with E-state index in [4.69, 9.17) is 4.74 Å². The normalized spacial score (nSPS) is 18.2. The Balaban J connectivity index is 1.45. The first-order chi connectivity index (χ1) is 15.1. The number of urea groups is 1. The van der Waals surface area contributed by atoms with Crippen molar-refractivity contribution in [1.29, 1.82) is 0 Å². The predicted molar refractivity (Wildman–Crippen MR) is 111 cm³/mol. The molecule has 31 heavy (non-hydrogen) atoms.